The highest BCUT2D eigenvalue weighted by atomic mass is 33.1. The molecule has 0 aromatic carbocycles. The first kappa shape index (κ1) is 56.7. The molecule has 372 valence electrons. The number of hydrogen-bond acceptors (Lipinski definition) is 15. The Morgan fingerprint density at radius 1 is 0.818 bits per heavy atom. The van der Waals surface area contributed by atoms with E-state index in [2.05, 4.69) is 42.2 Å². The Kier molecular flexibility index (Phi) is 24.0. The number of carbonyl (C=O) groups excluding carboxylic acids is 10. The van der Waals surface area contributed by atoms with Crippen molar-refractivity contribution in [1.82, 2.24) is 42.1 Å². The second kappa shape index (κ2) is 27.9. The van der Waals surface area contributed by atoms with Gasteiger partial charge in [-0.15, -0.1) is 0 Å². The van der Waals surface area contributed by atoms with E-state index in [0.717, 1.165) is 21.6 Å². The Morgan fingerprint density at radius 2 is 1.42 bits per heavy atom. The van der Waals surface area contributed by atoms with Crippen LogP contribution in [0.3, 0.4) is 0 Å². The number of amides is 10. The van der Waals surface area contributed by atoms with E-state index in [1.165, 1.54) is 11.8 Å². The molecule has 0 radical (unpaired) electrons. The molecule has 18 N–H and O–H groups in total. The van der Waals surface area contributed by atoms with E-state index >= 15 is 0 Å². The standard InChI is InChI=1S/C39H68N14O11S2/c1-6-19(4)29-36(62)52-30(20(5)54)37(63)49-24(14-27(41)55)33(59)50-25(17-66-65-16-21(40)31(57)48-23(13-18(2)3)34(60)51-29)38(64)53-12-8-10-26(53)35(61)47-22(9-7-11-45-39(43)44)32(58)46-15-28(42)56/h18-26,29-30,54H,6-17,40H2,1-5H3,(H2,41,55)(H2,42,56)(H,46,58)(H,47,61)(H,48,57)(H,49,63)(H,50,59)(H,51,60)(H,52,62)(H4,43,44,45)/t19-,20+,21-,22+,23-,24-,25-,26-,29-,30-/m0/s1. The van der Waals surface area contributed by atoms with Crippen LogP contribution in [0.1, 0.15) is 79.6 Å². The monoisotopic (exact) mass is 972 g/mol. The highest BCUT2D eigenvalue weighted by Crippen LogP contribution is 2.26. The van der Waals surface area contributed by atoms with E-state index in [0.29, 0.717) is 12.8 Å². The maximum absolute atomic E-state index is 14.4. The first-order valence-electron chi connectivity index (χ1n) is 21.7. The van der Waals surface area contributed by atoms with Gasteiger partial charge in [-0.2, -0.15) is 0 Å². The third-order valence-corrected chi connectivity index (χ3v) is 13.1. The number of rotatable bonds is 17. The largest absolute Gasteiger partial charge is 0.391 e. The molecule has 10 amide bonds. The van der Waals surface area contributed by atoms with E-state index in [9.17, 15) is 53.1 Å². The van der Waals surface area contributed by atoms with Crippen molar-refractivity contribution in [2.45, 2.75) is 134 Å². The van der Waals surface area contributed by atoms with Gasteiger partial charge in [-0.25, -0.2) is 0 Å². The molecule has 2 saturated heterocycles. The zero-order valence-corrected chi connectivity index (χ0v) is 39.6. The number of guanidine groups is 1. The summed E-state index contributed by atoms with van der Waals surface area (Å²) in [6, 6.07) is -10.8. The van der Waals surface area contributed by atoms with Crippen molar-refractivity contribution >= 4 is 86.6 Å². The number of hydrogen-bond donors (Lipinski definition) is 13. The van der Waals surface area contributed by atoms with E-state index in [1.807, 2.05) is 13.8 Å². The van der Waals surface area contributed by atoms with Crippen LogP contribution in [-0.4, -0.2) is 161 Å². The molecule has 2 fully saturated rings. The van der Waals surface area contributed by atoms with Crippen molar-refractivity contribution in [2.75, 3.05) is 31.1 Å². The highest BCUT2D eigenvalue weighted by Gasteiger charge is 2.41. The lowest BCUT2D eigenvalue weighted by molar-refractivity contribution is -0.142. The molecular weight excluding hydrogens is 905 g/mol. The first-order valence-corrected chi connectivity index (χ1v) is 24.2. The van der Waals surface area contributed by atoms with Gasteiger partial charge >= 0.3 is 0 Å². The van der Waals surface area contributed by atoms with Gasteiger partial charge in [0.05, 0.1) is 25.1 Å². The topological polar surface area (TPSA) is 421 Å². The number of nitrogens with two attached hydrogens (primary N) is 5. The third kappa shape index (κ3) is 18.8. The van der Waals surface area contributed by atoms with Gasteiger partial charge in [-0.05, 0) is 50.9 Å². The molecule has 0 spiro atoms. The van der Waals surface area contributed by atoms with Crippen molar-refractivity contribution in [3.05, 3.63) is 0 Å². The fourth-order valence-corrected chi connectivity index (χ4v) is 9.14. The summed E-state index contributed by atoms with van der Waals surface area (Å²) in [6.45, 7) is 7.92. The van der Waals surface area contributed by atoms with Gasteiger partial charge in [0.25, 0.3) is 0 Å². The molecule has 0 aliphatic carbocycles. The summed E-state index contributed by atoms with van der Waals surface area (Å²) < 4.78 is 0. The number of likely N-dealkylation sites (tertiary alicyclic amines) is 1. The summed E-state index contributed by atoms with van der Waals surface area (Å²) in [5.74, 6) is -9.60. The van der Waals surface area contributed by atoms with Crippen LogP contribution in [0.4, 0.5) is 0 Å². The van der Waals surface area contributed by atoms with Gasteiger partial charge < -0.3 is 75.9 Å². The summed E-state index contributed by atoms with van der Waals surface area (Å²) in [5.41, 5.74) is 27.7. The molecule has 2 heterocycles. The number of aliphatic imine (C=N–C) groups is 1. The third-order valence-electron chi connectivity index (χ3n) is 10.6. The van der Waals surface area contributed by atoms with Crippen LogP contribution in [0.2, 0.25) is 0 Å². The fourth-order valence-electron chi connectivity index (χ4n) is 6.86. The van der Waals surface area contributed by atoms with Crippen LogP contribution in [0.25, 0.3) is 0 Å². The fraction of sp³-hybridized carbons (Fsp3) is 0.718. The van der Waals surface area contributed by atoms with Crippen LogP contribution in [-0.2, 0) is 47.9 Å². The Bertz CT molecular complexity index is 1790. The Labute approximate surface area is 391 Å². The minimum absolute atomic E-state index is 0.0249. The molecule has 0 aromatic heterocycles. The lowest BCUT2D eigenvalue weighted by Crippen LogP contribution is -2.63. The summed E-state index contributed by atoms with van der Waals surface area (Å²) in [6.07, 6.45) is -1.08. The van der Waals surface area contributed by atoms with E-state index in [-0.39, 0.29) is 62.2 Å². The molecule has 25 nitrogen and oxygen atoms in total. The lowest BCUT2D eigenvalue weighted by atomic mass is 9.96. The molecule has 27 heteroatoms. The molecule has 2 rings (SSSR count). The molecule has 2 aliphatic heterocycles. The number of nitrogens with one attached hydrogen (secondary N) is 7. The van der Waals surface area contributed by atoms with Crippen LogP contribution in [0, 0.1) is 11.8 Å². The van der Waals surface area contributed by atoms with Gasteiger partial charge in [0.2, 0.25) is 59.1 Å². The summed E-state index contributed by atoms with van der Waals surface area (Å²) >= 11 is 0. The molecule has 0 aromatic rings. The number of nitrogens with zero attached hydrogens (tertiary/aromatic N) is 2. The zero-order chi connectivity index (χ0) is 49.8. The van der Waals surface area contributed by atoms with E-state index in [4.69, 9.17) is 28.7 Å². The van der Waals surface area contributed by atoms with Crippen LogP contribution in [0.15, 0.2) is 4.99 Å². The maximum Gasteiger partial charge on any atom is 0.246 e. The lowest BCUT2D eigenvalue weighted by Gasteiger charge is -2.31. The van der Waals surface area contributed by atoms with Crippen molar-refractivity contribution in [2.24, 2.45) is 45.5 Å². The molecule has 0 unspecified atom stereocenters. The van der Waals surface area contributed by atoms with Crippen molar-refractivity contribution in [3.8, 4) is 0 Å². The van der Waals surface area contributed by atoms with Gasteiger partial charge in [0.1, 0.15) is 42.3 Å². The van der Waals surface area contributed by atoms with Crippen LogP contribution >= 0.6 is 21.6 Å². The quantitative estimate of drug-likeness (QED) is 0.0280. The molecule has 0 saturated carbocycles. The first-order chi connectivity index (χ1) is 31.0. The summed E-state index contributed by atoms with van der Waals surface area (Å²) in [7, 11) is 2.08. The van der Waals surface area contributed by atoms with Crippen LogP contribution < -0.4 is 65.9 Å². The van der Waals surface area contributed by atoms with Gasteiger partial charge in [0, 0.05) is 24.6 Å². The smallest absolute Gasteiger partial charge is 0.246 e. The average molecular weight is 973 g/mol. The molecule has 10 atom stereocenters. The number of aliphatic hydroxyl groups excluding tert-OH is 1. The Hall–Kier alpha value is -5.41. The van der Waals surface area contributed by atoms with Gasteiger partial charge in [-0.3, -0.25) is 52.9 Å². The molecule has 0 bridgehead atoms. The number of primary amides is 2. The Morgan fingerprint density at radius 3 is 2.02 bits per heavy atom. The van der Waals surface area contributed by atoms with Gasteiger partial charge in [-0.1, -0.05) is 55.7 Å². The minimum atomic E-state index is -1.75. The Balaban J connectivity index is 2.56. The zero-order valence-electron chi connectivity index (χ0n) is 38.0. The summed E-state index contributed by atoms with van der Waals surface area (Å²) in [4.78, 5) is 139. The number of carbonyl (C=O) groups is 10. The summed E-state index contributed by atoms with van der Waals surface area (Å²) in [5, 5.41) is 28.3. The maximum atomic E-state index is 14.4. The van der Waals surface area contributed by atoms with E-state index < -0.39 is 132 Å². The van der Waals surface area contributed by atoms with Crippen molar-refractivity contribution in [3.63, 3.8) is 0 Å². The van der Waals surface area contributed by atoms with Crippen molar-refractivity contribution in [1.29, 1.82) is 0 Å². The SMILES string of the molecule is CC[C@H](C)[C@@H]1NC(=O)[C@H](CC(C)C)NC(=O)[C@@H](N)CSSC[C@@H](C(=O)N2CCC[C@H]2C(=O)N[C@H](CCCN=C(N)N)C(=O)NCC(N)=O)NC(=O)[C@H](CC(N)=O)NC(=O)[C@H]([C@@H](C)O)NC1=O. The molecular formula is C39H68N14O11S2. The minimum Gasteiger partial charge on any atom is -0.391 e. The van der Waals surface area contributed by atoms with E-state index in [1.54, 1.807) is 13.8 Å². The van der Waals surface area contributed by atoms with Gasteiger partial charge in [0.15, 0.2) is 5.96 Å². The normalized spacial score (nSPS) is 25.4. The van der Waals surface area contributed by atoms with Crippen molar-refractivity contribution < 1.29 is 53.1 Å². The second-order valence-corrected chi connectivity index (χ2v) is 19.2. The average Bonchev–Trinajstić information content (AvgIpc) is 3.74. The van der Waals surface area contributed by atoms with Crippen LogP contribution in [0.5, 0.6) is 0 Å². The predicted molar refractivity (Wildman–Crippen MR) is 246 cm³/mol. The molecule has 2 aliphatic rings. The second-order valence-electron chi connectivity index (χ2n) is 16.6. The predicted octanol–water partition coefficient (Wildman–Crippen LogP) is -5.39. The number of aliphatic hydroxyl groups is 1. The molecule has 66 heavy (non-hydrogen) atoms. The highest BCUT2D eigenvalue weighted by molar-refractivity contribution is 8.76.